The fourth-order valence-electron chi connectivity index (χ4n) is 3.37. The number of carboxylic acid groups (broad SMARTS) is 1. The normalized spacial score (nSPS) is 21.9. The molecule has 1 fully saturated rings. The maximum absolute atomic E-state index is 13.1. The molecule has 2 aliphatic rings. The monoisotopic (exact) mass is 388 g/mol. The molecule has 25 heavy (non-hydrogen) atoms. The van der Waals surface area contributed by atoms with E-state index < -0.39 is 16.0 Å². The smallest absolute Gasteiger partial charge is 0.338 e. The fourth-order valence-corrected chi connectivity index (χ4v) is 6.88. The molecule has 3 rings (SSSR count). The SMILES string of the molecule is CCCOC1CCCN(S(=O)(=O)c2sc3c(c2C(=O)O)CCNC3)C1. The molecule has 7 nitrogen and oxygen atoms in total. The van der Waals surface area contributed by atoms with Gasteiger partial charge >= 0.3 is 5.97 Å². The Morgan fingerprint density at radius 3 is 3.00 bits per heavy atom. The van der Waals surface area contributed by atoms with Crippen LogP contribution < -0.4 is 5.32 Å². The number of carboxylic acids is 1. The summed E-state index contributed by atoms with van der Waals surface area (Å²) >= 11 is 1.10. The van der Waals surface area contributed by atoms with Gasteiger partial charge in [0.15, 0.2) is 0 Å². The first-order valence-electron chi connectivity index (χ1n) is 8.65. The number of thiophene rings is 1. The van der Waals surface area contributed by atoms with Gasteiger partial charge in [-0.05, 0) is 37.8 Å². The Balaban J connectivity index is 1.92. The van der Waals surface area contributed by atoms with Gasteiger partial charge in [-0.15, -0.1) is 11.3 Å². The molecule has 1 aromatic heterocycles. The lowest BCUT2D eigenvalue weighted by Crippen LogP contribution is -2.43. The summed E-state index contributed by atoms with van der Waals surface area (Å²) in [5.41, 5.74) is 0.642. The van der Waals surface area contributed by atoms with Crippen molar-refractivity contribution in [2.24, 2.45) is 0 Å². The minimum absolute atomic E-state index is 0.0233. The number of aromatic carboxylic acids is 1. The van der Waals surface area contributed by atoms with E-state index in [2.05, 4.69) is 5.32 Å². The molecule has 2 aliphatic heterocycles. The van der Waals surface area contributed by atoms with Crippen LogP contribution in [-0.4, -0.2) is 56.1 Å². The van der Waals surface area contributed by atoms with Crippen molar-refractivity contribution in [3.63, 3.8) is 0 Å². The molecular formula is C16H24N2O5S2. The number of ether oxygens (including phenoxy) is 1. The summed E-state index contributed by atoms with van der Waals surface area (Å²) in [6.45, 7) is 4.52. The van der Waals surface area contributed by atoms with Crippen molar-refractivity contribution in [1.29, 1.82) is 0 Å². The van der Waals surface area contributed by atoms with Gasteiger partial charge in [0.2, 0.25) is 0 Å². The molecule has 9 heteroatoms. The Kier molecular flexibility index (Phi) is 5.79. The number of nitrogens with zero attached hydrogens (tertiary/aromatic N) is 1. The number of fused-ring (bicyclic) bond motifs is 1. The molecule has 0 aliphatic carbocycles. The van der Waals surface area contributed by atoms with Gasteiger partial charge in [-0.3, -0.25) is 0 Å². The van der Waals surface area contributed by atoms with E-state index in [1.54, 1.807) is 0 Å². The number of hydrogen-bond donors (Lipinski definition) is 2. The van der Waals surface area contributed by atoms with Gasteiger partial charge < -0.3 is 15.2 Å². The highest BCUT2D eigenvalue weighted by molar-refractivity contribution is 7.91. The third-order valence-electron chi connectivity index (χ3n) is 4.58. The second-order valence-electron chi connectivity index (χ2n) is 6.40. The van der Waals surface area contributed by atoms with Gasteiger partial charge in [0.25, 0.3) is 10.0 Å². The minimum Gasteiger partial charge on any atom is -0.478 e. The highest BCUT2D eigenvalue weighted by atomic mass is 32.2. The number of sulfonamides is 1. The van der Waals surface area contributed by atoms with Gasteiger partial charge in [-0.2, -0.15) is 4.31 Å². The summed E-state index contributed by atoms with van der Waals surface area (Å²) < 4.78 is 33.4. The van der Waals surface area contributed by atoms with E-state index >= 15 is 0 Å². The number of hydrogen-bond acceptors (Lipinski definition) is 6. The first-order chi connectivity index (χ1) is 11.9. The van der Waals surface area contributed by atoms with Gasteiger partial charge in [0, 0.05) is 31.1 Å². The zero-order valence-corrected chi connectivity index (χ0v) is 15.9. The molecule has 2 N–H and O–H groups in total. The minimum atomic E-state index is -3.83. The summed E-state index contributed by atoms with van der Waals surface area (Å²) in [5, 5.41) is 12.8. The Bertz CT molecular complexity index is 744. The van der Waals surface area contributed by atoms with Crippen LogP contribution in [0.25, 0.3) is 0 Å². The van der Waals surface area contributed by atoms with Crippen LogP contribution in [0.5, 0.6) is 0 Å². The molecule has 0 saturated carbocycles. The van der Waals surface area contributed by atoms with Crippen molar-refractivity contribution >= 4 is 27.3 Å². The highest BCUT2D eigenvalue weighted by Gasteiger charge is 2.37. The molecule has 1 aromatic rings. The summed E-state index contributed by atoms with van der Waals surface area (Å²) in [4.78, 5) is 12.6. The largest absolute Gasteiger partial charge is 0.478 e. The molecule has 1 atom stereocenters. The lowest BCUT2D eigenvalue weighted by atomic mass is 10.1. The van der Waals surface area contributed by atoms with Crippen LogP contribution in [0.15, 0.2) is 4.21 Å². The standard InChI is InChI=1S/C16H24N2O5S2/c1-2-8-23-11-4-3-7-18(10-11)25(21,22)16-14(15(19)20)12-5-6-17-9-13(12)24-16/h11,17H,2-10H2,1H3,(H,19,20). The lowest BCUT2D eigenvalue weighted by molar-refractivity contribution is 0.0193. The van der Waals surface area contributed by atoms with Crippen molar-refractivity contribution in [3.05, 3.63) is 16.0 Å². The average molecular weight is 389 g/mol. The summed E-state index contributed by atoms with van der Waals surface area (Å²) in [6.07, 6.45) is 2.88. The third kappa shape index (κ3) is 3.75. The second kappa shape index (κ2) is 7.71. The Morgan fingerprint density at radius 1 is 1.48 bits per heavy atom. The van der Waals surface area contributed by atoms with Crippen LogP contribution in [0.4, 0.5) is 0 Å². The van der Waals surface area contributed by atoms with Gasteiger partial charge in [0.1, 0.15) is 4.21 Å². The average Bonchev–Trinajstić information content (AvgIpc) is 3.01. The maximum atomic E-state index is 13.1. The number of piperidine rings is 1. The fraction of sp³-hybridized carbons (Fsp3) is 0.688. The van der Waals surface area contributed by atoms with E-state index in [4.69, 9.17) is 4.74 Å². The van der Waals surface area contributed by atoms with E-state index in [0.29, 0.717) is 44.8 Å². The van der Waals surface area contributed by atoms with Crippen molar-refractivity contribution in [2.75, 3.05) is 26.2 Å². The zero-order chi connectivity index (χ0) is 18.0. The molecule has 0 spiro atoms. The van der Waals surface area contributed by atoms with Crippen LogP contribution in [0, 0.1) is 0 Å². The third-order valence-corrected chi connectivity index (χ3v) is 8.18. The van der Waals surface area contributed by atoms with Crippen LogP contribution >= 0.6 is 11.3 Å². The summed E-state index contributed by atoms with van der Waals surface area (Å²) in [5.74, 6) is -1.16. The van der Waals surface area contributed by atoms with E-state index in [1.807, 2.05) is 6.92 Å². The van der Waals surface area contributed by atoms with E-state index in [9.17, 15) is 18.3 Å². The summed E-state index contributed by atoms with van der Waals surface area (Å²) in [6, 6.07) is 0. The van der Waals surface area contributed by atoms with Gasteiger partial charge in [0.05, 0.1) is 11.7 Å². The molecule has 1 unspecified atom stereocenters. The van der Waals surface area contributed by atoms with Crippen LogP contribution in [-0.2, 0) is 27.7 Å². The summed E-state index contributed by atoms with van der Waals surface area (Å²) in [7, 11) is -3.83. The molecule has 0 aromatic carbocycles. The Hall–Kier alpha value is -1.00. The van der Waals surface area contributed by atoms with Crippen LogP contribution in [0.3, 0.4) is 0 Å². The molecule has 0 bridgehead atoms. The van der Waals surface area contributed by atoms with Gasteiger partial charge in [-0.1, -0.05) is 6.92 Å². The quantitative estimate of drug-likeness (QED) is 0.770. The lowest BCUT2D eigenvalue weighted by Gasteiger charge is -2.31. The predicted octanol–water partition coefficient (Wildman–Crippen LogP) is 1.67. The number of carbonyl (C=O) groups is 1. The van der Waals surface area contributed by atoms with E-state index in [1.165, 1.54) is 4.31 Å². The highest BCUT2D eigenvalue weighted by Crippen LogP contribution is 2.36. The second-order valence-corrected chi connectivity index (χ2v) is 9.63. The maximum Gasteiger partial charge on any atom is 0.338 e. The van der Waals surface area contributed by atoms with Crippen molar-refractivity contribution in [2.45, 2.75) is 49.5 Å². The first kappa shape index (κ1) is 18.8. The number of rotatable bonds is 6. The Morgan fingerprint density at radius 2 is 2.28 bits per heavy atom. The molecular weight excluding hydrogens is 364 g/mol. The molecule has 140 valence electrons. The first-order valence-corrected chi connectivity index (χ1v) is 10.9. The van der Waals surface area contributed by atoms with Gasteiger partial charge in [-0.25, -0.2) is 13.2 Å². The molecule has 0 radical (unpaired) electrons. The van der Waals surface area contributed by atoms with Crippen LogP contribution in [0.2, 0.25) is 0 Å². The number of nitrogens with one attached hydrogen (secondary N) is 1. The van der Waals surface area contributed by atoms with E-state index in [-0.39, 0.29) is 15.9 Å². The van der Waals surface area contributed by atoms with Crippen molar-refractivity contribution in [1.82, 2.24) is 9.62 Å². The predicted molar refractivity (Wildman–Crippen MR) is 94.7 cm³/mol. The molecule has 0 amide bonds. The Labute approximate surface area is 152 Å². The zero-order valence-electron chi connectivity index (χ0n) is 14.3. The van der Waals surface area contributed by atoms with Crippen LogP contribution in [0.1, 0.15) is 47.0 Å². The van der Waals surface area contributed by atoms with E-state index in [0.717, 1.165) is 35.5 Å². The van der Waals surface area contributed by atoms with Crippen molar-refractivity contribution in [3.8, 4) is 0 Å². The molecule has 1 saturated heterocycles. The topological polar surface area (TPSA) is 95.9 Å². The van der Waals surface area contributed by atoms with Crippen molar-refractivity contribution < 1.29 is 23.1 Å². The molecule has 3 heterocycles.